The van der Waals surface area contributed by atoms with Gasteiger partial charge in [-0.2, -0.15) is 0 Å². The van der Waals surface area contributed by atoms with Crippen molar-refractivity contribution in [3.05, 3.63) is 39.6 Å². The molecule has 1 saturated heterocycles. The lowest BCUT2D eigenvalue weighted by molar-refractivity contribution is 0.0536. The van der Waals surface area contributed by atoms with Crippen molar-refractivity contribution in [3.63, 3.8) is 0 Å². The topological polar surface area (TPSA) is 68.3 Å². The van der Waals surface area contributed by atoms with Crippen LogP contribution in [0, 0.1) is 6.92 Å². The number of nitrogens with zero attached hydrogens (tertiary/aromatic N) is 2. The minimum atomic E-state index is -0.156. The van der Waals surface area contributed by atoms with E-state index in [1.165, 1.54) is 32.7 Å². The van der Waals surface area contributed by atoms with Gasteiger partial charge in [0.2, 0.25) is 0 Å². The maximum Gasteiger partial charge on any atom is 0.264 e. The van der Waals surface area contributed by atoms with E-state index in [1.807, 2.05) is 19.1 Å². The molecule has 2 aromatic rings. The lowest BCUT2D eigenvalue weighted by atomic mass is 10.1. The molecule has 1 aromatic heterocycles. The van der Waals surface area contributed by atoms with Crippen LogP contribution in [0.3, 0.4) is 0 Å². The molecule has 1 fully saturated rings. The molecule has 0 unspecified atom stereocenters. The first-order valence-corrected chi connectivity index (χ1v) is 9.75. The summed E-state index contributed by atoms with van der Waals surface area (Å²) in [4.78, 5) is 31.0. The van der Waals surface area contributed by atoms with Gasteiger partial charge in [-0.05, 0) is 19.1 Å². The van der Waals surface area contributed by atoms with Crippen LogP contribution < -0.4 is 14.2 Å². The molecular weight excluding hydrogens is 380 g/mol. The number of aryl methyl sites for hydroxylation is 1. The van der Waals surface area contributed by atoms with Gasteiger partial charge in [-0.3, -0.25) is 9.59 Å². The Morgan fingerprint density at radius 3 is 1.86 bits per heavy atom. The first-order chi connectivity index (χ1) is 13.5. The zero-order valence-electron chi connectivity index (χ0n) is 16.5. The summed E-state index contributed by atoms with van der Waals surface area (Å²) in [5.41, 5.74) is 0.411. The van der Waals surface area contributed by atoms with Crippen molar-refractivity contribution in [1.82, 2.24) is 9.80 Å². The molecule has 1 aliphatic heterocycles. The highest BCUT2D eigenvalue weighted by atomic mass is 32.1. The molecule has 0 bridgehead atoms. The van der Waals surface area contributed by atoms with Gasteiger partial charge in [0.05, 0.1) is 31.8 Å². The number of rotatable bonds is 5. The molecule has 2 heterocycles. The fourth-order valence-electron chi connectivity index (χ4n) is 3.18. The van der Waals surface area contributed by atoms with Gasteiger partial charge in [0.25, 0.3) is 11.8 Å². The van der Waals surface area contributed by atoms with E-state index in [1.54, 1.807) is 21.9 Å². The number of hydrogen-bond donors (Lipinski definition) is 0. The van der Waals surface area contributed by atoms with E-state index in [0.717, 1.165) is 9.75 Å². The number of hydrogen-bond acceptors (Lipinski definition) is 6. The summed E-state index contributed by atoms with van der Waals surface area (Å²) < 4.78 is 16.0. The molecular formula is C20H24N2O5S. The number of piperazine rings is 1. The van der Waals surface area contributed by atoms with E-state index in [9.17, 15) is 9.59 Å². The Bertz CT molecular complexity index is 871. The second-order valence-corrected chi connectivity index (χ2v) is 7.69. The summed E-state index contributed by atoms with van der Waals surface area (Å²) in [7, 11) is 4.57. The second kappa shape index (κ2) is 8.52. The molecule has 0 spiro atoms. The van der Waals surface area contributed by atoms with Crippen LogP contribution >= 0.6 is 11.3 Å². The first kappa shape index (κ1) is 20.0. The lowest BCUT2D eigenvalue weighted by Crippen LogP contribution is -2.50. The Morgan fingerprint density at radius 2 is 1.36 bits per heavy atom. The van der Waals surface area contributed by atoms with Crippen molar-refractivity contribution in [1.29, 1.82) is 0 Å². The van der Waals surface area contributed by atoms with Gasteiger partial charge >= 0.3 is 0 Å². The van der Waals surface area contributed by atoms with Gasteiger partial charge < -0.3 is 24.0 Å². The molecule has 2 amide bonds. The molecule has 0 radical (unpaired) electrons. The highest BCUT2D eigenvalue weighted by molar-refractivity contribution is 7.13. The number of thiophene rings is 1. The number of amides is 2. The van der Waals surface area contributed by atoms with Crippen molar-refractivity contribution >= 4 is 23.2 Å². The van der Waals surface area contributed by atoms with Gasteiger partial charge in [0.15, 0.2) is 11.5 Å². The Balaban J connectivity index is 1.72. The predicted molar refractivity (Wildman–Crippen MR) is 107 cm³/mol. The zero-order valence-corrected chi connectivity index (χ0v) is 17.3. The number of ether oxygens (including phenoxy) is 3. The van der Waals surface area contributed by atoms with Gasteiger partial charge in [-0.1, -0.05) is 0 Å². The van der Waals surface area contributed by atoms with Crippen LogP contribution in [0.5, 0.6) is 17.2 Å². The molecule has 0 N–H and O–H groups in total. The molecule has 0 saturated carbocycles. The number of methoxy groups -OCH3 is 3. The van der Waals surface area contributed by atoms with Crippen LogP contribution in [0.1, 0.15) is 24.9 Å². The van der Waals surface area contributed by atoms with Crippen molar-refractivity contribution in [2.24, 2.45) is 0 Å². The zero-order chi connectivity index (χ0) is 20.3. The Labute approximate surface area is 168 Å². The molecule has 0 aliphatic carbocycles. The molecule has 1 aromatic carbocycles. The third-order valence-corrected chi connectivity index (χ3v) is 5.73. The fourth-order valence-corrected chi connectivity index (χ4v) is 4.02. The van der Waals surface area contributed by atoms with E-state index < -0.39 is 0 Å². The van der Waals surface area contributed by atoms with Crippen LogP contribution in [0.2, 0.25) is 0 Å². The monoisotopic (exact) mass is 404 g/mol. The minimum absolute atomic E-state index is 0.0221. The molecule has 7 nitrogen and oxygen atoms in total. The molecule has 28 heavy (non-hydrogen) atoms. The van der Waals surface area contributed by atoms with Crippen LogP contribution in [0.4, 0.5) is 0 Å². The Morgan fingerprint density at radius 1 is 0.821 bits per heavy atom. The lowest BCUT2D eigenvalue weighted by Gasteiger charge is -2.34. The van der Waals surface area contributed by atoms with Crippen LogP contribution in [-0.2, 0) is 0 Å². The molecule has 150 valence electrons. The highest BCUT2D eigenvalue weighted by Gasteiger charge is 2.28. The normalized spacial score (nSPS) is 14.0. The predicted octanol–water partition coefficient (Wildman–Crippen LogP) is 2.68. The summed E-state index contributed by atoms with van der Waals surface area (Å²) in [6.07, 6.45) is 0. The number of carbonyl (C=O) groups excluding carboxylic acids is 2. The van der Waals surface area contributed by atoms with Gasteiger partial charge in [0, 0.05) is 43.2 Å². The van der Waals surface area contributed by atoms with Gasteiger partial charge in [0.1, 0.15) is 5.75 Å². The van der Waals surface area contributed by atoms with Gasteiger partial charge in [-0.15, -0.1) is 11.3 Å². The van der Waals surface area contributed by atoms with Crippen LogP contribution in [-0.4, -0.2) is 69.1 Å². The summed E-state index contributed by atoms with van der Waals surface area (Å²) in [5, 5.41) is 0. The average molecular weight is 404 g/mol. The van der Waals surface area contributed by atoms with E-state index in [4.69, 9.17) is 14.2 Å². The quantitative estimate of drug-likeness (QED) is 0.766. The SMILES string of the molecule is COc1cc(OC)c(C(=O)N2CCN(C(=O)c3ccc(C)s3)CC2)cc1OC. The van der Waals surface area contributed by atoms with E-state index in [-0.39, 0.29) is 11.8 Å². The Kier molecular flexibility index (Phi) is 6.08. The minimum Gasteiger partial charge on any atom is -0.496 e. The fraction of sp³-hybridized carbons (Fsp3) is 0.400. The van der Waals surface area contributed by atoms with Crippen molar-refractivity contribution in [3.8, 4) is 17.2 Å². The average Bonchev–Trinajstić information content (AvgIpc) is 3.18. The molecule has 1 aliphatic rings. The molecule has 0 atom stereocenters. The summed E-state index contributed by atoms with van der Waals surface area (Å²) in [5.74, 6) is 1.26. The molecule has 3 rings (SSSR count). The maximum atomic E-state index is 13.0. The first-order valence-electron chi connectivity index (χ1n) is 8.93. The summed E-state index contributed by atoms with van der Waals surface area (Å²) in [6, 6.07) is 7.08. The van der Waals surface area contributed by atoms with Crippen molar-refractivity contribution in [2.75, 3.05) is 47.5 Å². The Hall–Kier alpha value is -2.74. The second-order valence-electron chi connectivity index (χ2n) is 6.40. The summed E-state index contributed by atoms with van der Waals surface area (Å²) >= 11 is 1.49. The third kappa shape index (κ3) is 3.91. The van der Waals surface area contributed by atoms with Crippen LogP contribution in [0.15, 0.2) is 24.3 Å². The third-order valence-electron chi connectivity index (χ3n) is 4.74. The number of carbonyl (C=O) groups is 2. The van der Waals surface area contributed by atoms with E-state index in [0.29, 0.717) is 49.0 Å². The summed E-state index contributed by atoms with van der Waals surface area (Å²) in [6.45, 7) is 3.90. The van der Waals surface area contributed by atoms with Crippen molar-refractivity contribution in [2.45, 2.75) is 6.92 Å². The highest BCUT2D eigenvalue weighted by Crippen LogP contribution is 2.35. The van der Waals surface area contributed by atoms with Crippen LogP contribution in [0.25, 0.3) is 0 Å². The van der Waals surface area contributed by atoms with Crippen molar-refractivity contribution < 1.29 is 23.8 Å². The molecule has 8 heteroatoms. The van der Waals surface area contributed by atoms with E-state index in [2.05, 4.69) is 0 Å². The van der Waals surface area contributed by atoms with Gasteiger partial charge in [-0.25, -0.2) is 0 Å². The largest absolute Gasteiger partial charge is 0.496 e. The number of benzene rings is 1. The van der Waals surface area contributed by atoms with E-state index >= 15 is 0 Å². The smallest absolute Gasteiger partial charge is 0.264 e. The maximum absolute atomic E-state index is 13.0. The standard InChI is InChI=1S/C20H24N2O5S/c1-13-5-6-18(28-13)20(24)22-9-7-21(8-10-22)19(23)14-11-16(26-3)17(27-4)12-15(14)25-2/h5-6,11-12H,7-10H2,1-4H3.